The smallest absolute Gasteiger partial charge is 0.406 e. The minimum atomic E-state index is -4.81. The van der Waals surface area contributed by atoms with E-state index in [-0.39, 0.29) is 5.02 Å². The average molecular weight is 212 g/mol. The van der Waals surface area contributed by atoms with Crippen molar-refractivity contribution in [1.29, 1.82) is 0 Å². The summed E-state index contributed by atoms with van der Waals surface area (Å²) < 4.78 is 38.4. The van der Waals surface area contributed by atoms with Crippen molar-refractivity contribution in [3.8, 4) is 11.5 Å². The van der Waals surface area contributed by atoms with Crippen LogP contribution in [0.2, 0.25) is 5.02 Å². The van der Waals surface area contributed by atoms with Crippen LogP contribution < -0.4 is 4.74 Å². The molecule has 1 aromatic carbocycles. The van der Waals surface area contributed by atoms with Crippen LogP contribution in [0.5, 0.6) is 11.5 Å². The molecule has 0 aliphatic heterocycles. The molecule has 0 fully saturated rings. The van der Waals surface area contributed by atoms with Crippen LogP contribution in [0.4, 0.5) is 13.2 Å². The Labute approximate surface area is 76.5 Å². The van der Waals surface area contributed by atoms with Gasteiger partial charge in [0.1, 0.15) is 5.75 Å². The van der Waals surface area contributed by atoms with E-state index in [2.05, 4.69) is 4.74 Å². The predicted octanol–water partition coefficient (Wildman–Crippen LogP) is 3.38. The highest BCUT2D eigenvalue weighted by Crippen LogP contribution is 2.29. The maximum Gasteiger partial charge on any atom is 0.573 e. The normalized spacial score (nSPS) is 11.4. The number of alkyl halides is 3. The van der Waals surface area contributed by atoms with Gasteiger partial charge in [-0.25, -0.2) is 0 Å². The molecule has 6 heteroatoms. The van der Waals surface area contributed by atoms with Crippen molar-refractivity contribution in [1.82, 2.24) is 0 Å². The molecule has 1 rings (SSSR count). The van der Waals surface area contributed by atoms with E-state index in [0.29, 0.717) is 6.07 Å². The van der Waals surface area contributed by atoms with Gasteiger partial charge in [-0.3, -0.25) is 5.11 Å². The molecule has 0 saturated carbocycles. The Hall–Kier alpha value is -1.10. The number of hydrogen-bond acceptors (Lipinski definition) is 1. The van der Waals surface area contributed by atoms with Gasteiger partial charge >= 0.3 is 6.36 Å². The average Bonchev–Trinajstić information content (AvgIpc) is 1.78. The molecule has 71 valence electrons. The van der Waals surface area contributed by atoms with Crippen molar-refractivity contribution < 1.29 is 23.0 Å². The molecule has 1 radical (unpaired) electrons. The van der Waals surface area contributed by atoms with Crippen LogP contribution in [0.25, 0.3) is 0 Å². The highest BCUT2D eigenvalue weighted by molar-refractivity contribution is 6.30. The molecule has 0 aliphatic rings. The summed E-state index contributed by atoms with van der Waals surface area (Å²) in [6, 6.07) is 2.61. The minimum Gasteiger partial charge on any atom is -0.406 e. The number of benzene rings is 1. The minimum absolute atomic E-state index is 0.0910. The van der Waals surface area contributed by atoms with Gasteiger partial charge in [0.05, 0.1) is 0 Å². The van der Waals surface area contributed by atoms with E-state index in [1.54, 1.807) is 0 Å². The summed E-state index contributed by atoms with van der Waals surface area (Å²) in [6.07, 6.45) is -4.81. The standard InChI is InChI=1S/C7H3ClF3O2/c8-4-1-5(12)3-6(2-4)13-7(9,10)11/h1-3H. The zero-order chi connectivity index (χ0) is 10.1. The molecule has 0 atom stereocenters. The lowest BCUT2D eigenvalue weighted by molar-refractivity contribution is -0.274. The number of rotatable bonds is 1. The SMILES string of the molecule is [O]c1cc(Cl)cc(OC(F)(F)F)c1. The molecule has 1 aromatic rings. The Bertz CT molecular complexity index is 291. The second kappa shape index (κ2) is 3.33. The molecule has 0 aliphatic carbocycles. The van der Waals surface area contributed by atoms with Crippen LogP contribution in [-0.4, -0.2) is 6.36 Å². The Morgan fingerprint density at radius 3 is 2.31 bits per heavy atom. The van der Waals surface area contributed by atoms with Gasteiger partial charge in [-0.2, -0.15) is 0 Å². The fourth-order valence-electron chi connectivity index (χ4n) is 0.730. The Balaban J connectivity index is 2.90. The second-order valence-electron chi connectivity index (χ2n) is 2.17. The molecule has 0 saturated heterocycles. The summed E-state index contributed by atoms with van der Waals surface area (Å²) in [4.78, 5) is 0. The third-order valence-electron chi connectivity index (χ3n) is 1.08. The lowest BCUT2D eigenvalue weighted by atomic mass is 10.3. The lowest BCUT2D eigenvalue weighted by Gasteiger charge is -2.08. The summed E-state index contributed by atoms with van der Waals surface area (Å²) in [5.74, 6) is -1.24. The van der Waals surface area contributed by atoms with E-state index in [9.17, 15) is 18.3 Å². The summed E-state index contributed by atoms with van der Waals surface area (Å²) in [7, 11) is 0. The van der Waals surface area contributed by atoms with E-state index in [1.807, 2.05) is 0 Å². The van der Waals surface area contributed by atoms with Crippen molar-refractivity contribution in [2.24, 2.45) is 0 Å². The van der Waals surface area contributed by atoms with Gasteiger partial charge in [0, 0.05) is 17.2 Å². The molecule has 0 spiro atoms. The first-order chi connectivity index (χ1) is 5.87. The predicted molar refractivity (Wildman–Crippen MR) is 38.3 cm³/mol. The fourth-order valence-corrected chi connectivity index (χ4v) is 0.945. The maximum atomic E-state index is 11.6. The van der Waals surface area contributed by atoms with Crippen molar-refractivity contribution in [2.75, 3.05) is 0 Å². The van der Waals surface area contributed by atoms with E-state index < -0.39 is 17.9 Å². The third kappa shape index (κ3) is 3.42. The highest BCUT2D eigenvalue weighted by atomic mass is 35.5. The summed E-state index contributed by atoms with van der Waals surface area (Å²) in [5.41, 5.74) is 0. The molecule has 0 bridgehead atoms. The monoisotopic (exact) mass is 211 g/mol. The molecule has 0 unspecified atom stereocenters. The van der Waals surface area contributed by atoms with Crippen molar-refractivity contribution in [3.63, 3.8) is 0 Å². The molecule has 13 heavy (non-hydrogen) atoms. The molecule has 0 amide bonds. The van der Waals surface area contributed by atoms with Crippen molar-refractivity contribution >= 4 is 11.6 Å². The van der Waals surface area contributed by atoms with E-state index in [1.165, 1.54) is 0 Å². The van der Waals surface area contributed by atoms with Gasteiger partial charge in [0.25, 0.3) is 0 Å². The Kier molecular flexibility index (Phi) is 2.56. The first-order valence-corrected chi connectivity index (χ1v) is 3.48. The zero-order valence-corrected chi connectivity index (χ0v) is 6.82. The molecular formula is C7H3ClF3O2. The summed E-state index contributed by atoms with van der Waals surface area (Å²) in [5, 5.41) is 10.6. The number of halogens is 4. The largest absolute Gasteiger partial charge is 0.573 e. The molecule has 0 N–H and O–H groups in total. The zero-order valence-electron chi connectivity index (χ0n) is 6.06. The van der Waals surface area contributed by atoms with Gasteiger partial charge in [0.15, 0.2) is 5.75 Å². The highest BCUT2D eigenvalue weighted by Gasteiger charge is 2.31. The quantitative estimate of drug-likeness (QED) is 0.700. The van der Waals surface area contributed by atoms with Crippen molar-refractivity contribution in [3.05, 3.63) is 23.2 Å². The Morgan fingerprint density at radius 2 is 1.85 bits per heavy atom. The molecule has 0 aromatic heterocycles. The van der Waals surface area contributed by atoms with Crippen LogP contribution in [0.3, 0.4) is 0 Å². The molecule has 2 nitrogen and oxygen atoms in total. The van der Waals surface area contributed by atoms with Crippen LogP contribution in [0.1, 0.15) is 0 Å². The lowest BCUT2D eigenvalue weighted by Crippen LogP contribution is -2.16. The Morgan fingerprint density at radius 1 is 1.23 bits per heavy atom. The van der Waals surface area contributed by atoms with Crippen molar-refractivity contribution in [2.45, 2.75) is 6.36 Å². The van der Waals surface area contributed by atoms with E-state index >= 15 is 0 Å². The number of ether oxygens (including phenoxy) is 1. The first-order valence-electron chi connectivity index (χ1n) is 3.10. The molecular weight excluding hydrogens is 209 g/mol. The van der Waals surface area contributed by atoms with E-state index in [4.69, 9.17) is 11.6 Å². The molecule has 0 heterocycles. The van der Waals surface area contributed by atoms with Crippen LogP contribution in [0, 0.1) is 0 Å². The van der Waals surface area contributed by atoms with Crippen LogP contribution in [0.15, 0.2) is 18.2 Å². The van der Waals surface area contributed by atoms with Crippen LogP contribution in [-0.2, 0) is 5.11 Å². The topological polar surface area (TPSA) is 29.1 Å². The fraction of sp³-hybridized carbons (Fsp3) is 0.143. The van der Waals surface area contributed by atoms with Gasteiger partial charge in [-0.1, -0.05) is 11.6 Å². The first kappa shape index (κ1) is 9.98. The van der Waals surface area contributed by atoms with Gasteiger partial charge in [-0.05, 0) is 6.07 Å². The second-order valence-corrected chi connectivity index (χ2v) is 2.61. The maximum absolute atomic E-state index is 11.6. The number of hydrogen-bond donors (Lipinski definition) is 0. The summed E-state index contributed by atoms with van der Waals surface area (Å²) in [6.45, 7) is 0. The van der Waals surface area contributed by atoms with Gasteiger partial charge in [0.2, 0.25) is 0 Å². The third-order valence-corrected chi connectivity index (χ3v) is 1.30. The van der Waals surface area contributed by atoms with E-state index in [0.717, 1.165) is 12.1 Å². The van der Waals surface area contributed by atoms with Gasteiger partial charge < -0.3 is 4.74 Å². The summed E-state index contributed by atoms with van der Waals surface area (Å²) >= 11 is 5.33. The van der Waals surface area contributed by atoms with Crippen LogP contribution >= 0.6 is 11.6 Å². The van der Waals surface area contributed by atoms with Gasteiger partial charge in [-0.15, -0.1) is 13.2 Å².